The average Bonchev–Trinajstić information content (AvgIpc) is 3.04. The number of nitrogens with zero attached hydrogens (tertiary/aromatic N) is 1. The molecule has 0 aromatic carbocycles. The van der Waals surface area contributed by atoms with E-state index >= 15 is 0 Å². The number of hydrogen-bond donors (Lipinski definition) is 2. The van der Waals surface area contributed by atoms with Crippen LogP contribution in [0.1, 0.15) is 52.2 Å². The Kier molecular flexibility index (Phi) is 4.10. The second-order valence-electron chi connectivity index (χ2n) is 6.04. The molecule has 3 rings (SSSR count). The van der Waals surface area contributed by atoms with Gasteiger partial charge >= 0.3 is 0 Å². The Balaban J connectivity index is 1.71. The van der Waals surface area contributed by atoms with Gasteiger partial charge in [0.25, 0.3) is 5.91 Å². The zero-order valence-electron chi connectivity index (χ0n) is 12.0. The molecule has 0 radical (unpaired) electrons. The number of carbonyl (C=O) groups excluding carboxylic acids is 1. The number of fused-ring (bicyclic) bond motifs is 1. The number of carbonyl (C=O) groups is 1. The SMILES string of the molecule is Cc1sc(C(=O)NN)cc1CN1CCC2CCCCC21. The lowest BCUT2D eigenvalue weighted by molar-refractivity contribution is 0.0957. The molecular weight excluding hydrogens is 270 g/mol. The molecule has 4 nitrogen and oxygen atoms in total. The molecule has 2 atom stereocenters. The normalized spacial score (nSPS) is 26.5. The first-order valence-electron chi connectivity index (χ1n) is 7.53. The molecule has 1 saturated heterocycles. The quantitative estimate of drug-likeness (QED) is 0.511. The van der Waals surface area contributed by atoms with Crippen LogP contribution in [-0.2, 0) is 6.54 Å². The van der Waals surface area contributed by atoms with Crippen molar-refractivity contribution in [3.63, 3.8) is 0 Å². The largest absolute Gasteiger partial charge is 0.296 e. The molecule has 2 aliphatic rings. The summed E-state index contributed by atoms with van der Waals surface area (Å²) in [5.41, 5.74) is 3.51. The van der Waals surface area contributed by atoms with E-state index in [-0.39, 0.29) is 5.91 Å². The van der Waals surface area contributed by atoms with Crippen LogP contribution in [0.5, 0.6) is 0 Å². The van der Waals surface area contributed by atoms with Gasteiger partial charge in [0.2, 0.25) is 0 Å². The third kappa shape index (κ3) is 2.62. The first-order valence-corrected chi connectivity index (χ1v) is 8.35. The average molecular weight is 293 g/mol. The Labute approximate surface area is 124 Å². The predicted octanol–water partition coefficient (Wildman–Crippen LogP) is 2.42. The molecular formula is C15H23N3OS. The molecule has 110 valence electrons. The van der Waals surface area contributed by atoms with Crippen LogP contribution in [0.2, 0.25) is 0 Å². The van der Waals surface area contributed by atoms with E-state index in [4.69, 9.17) is 5.84 Å². The number of hydrogen-bond acceptors (Lipinski definition) is 4. The monoisotopic (exact) mass is 293 g/mol. The summed E-state index contributed by atoms with van der Waals surface area (Å²) in [6.07, 6.45) is 6.90. The Bertz CT molecular complexity index is 499. The summed E-state index contributed by atoms with van der Waals surface area (Å²) in [5.74, 6) is 5.94. The zero-order chi connectivity index (χ0) is 14.1. The Morgan fingerprint density at radius 3 is 3.05 bits per heavy atom. The van der Waals surface area contributed by atoms with Crippen molar-refractivity contribution in [3.05, 3.63) is 21.4 Å². The maximum absolute atomic E-state index is 11.6. The fraction of sp³-hybridized carbons (Fsp3) is 0.667. The summed E-state index contributed by atoms with van der Waals surface area (Å²) in [5, 5.41) is 0. The second kappa shape index (κ2) is 5.84. The molecule has 0 bridgehead atoms. The molecule has 1 aliphatic heterocycles. The number of nitrogens with two attached hydrogens (primary N) is 1. The highest BCUT2D eigenvalue weighted by Gasteiger charge is 2.35. The number of likely N-dealkylation sites (tertiary alicyclic amines) is 1. The van der Waals surface area contributed by atoms with Crippen LogP contribution in [0.3, 0.4) is 0 Å². The van der Waals surface area contributed by atoms with Crippen molar-refractivity contribution in [2.24, 2.45) is 11.8 Å². The Morgan fingerprint density at radius 2 is 2.25 bits per heavy atom. The van der Waals surface area contributed by atoms with Crippen molar-refractivity contribution >= 4 is 17.2 Å². The number of amides is 1. The van der Waals surface area contributed by atoms with Crippen molar-refractivity contribution in [2.45, 2.75) is 51.6 Å². The molecule has 2 fully saturated rings. The highest BCUT2D eigenvalue weighted by atomic mass is 32.1. The Morgan fingerprint density at radius 1 is 1.45 bits per heavy atom. The van der Waals surface area contributed by atoms with Crippen LogP contribution in [0.25, 0.3) is 0 Å². The third-order valence-corrected chi connectivity index (χ3v) is 5.97. The number of thiophene rings is 1. The number of hydrazine groups is 1. The van der Waals surface area contributed by atoms with Gasteiger partial charge in [-0.3, -0.25) is 15.1 Å². The van der Waals surface area contributed by atoms with Gasteiger partial charge in [0, 0.05) is 17.5 Å². The van der Waals surface area contributed by atoms with Crippen molar-refractivity contribution in [3.8, 4) is 0 Å². The van der Waals surface area contributed by atoms with E-state index in [2.05, 4.69) is 17.2 Å². The van der Waals surface area contributed by atoms with Gasteiger partial charge in [-0.15, -0.1) is 11.3 Å². The van der Waals surface area contributed by atoms with E-state index in [0.717, 1.165) is 23.4 Å². The maximum atomic E-state index is 11.6. The molecule has 1 amide bonds. The summed E-state index contributed by atoms with van der Waals surface area (Å²) in [6, 6.07) is 2.79. The van der Waals surface area contributed by atoms with Crippen LogP contribution in [0, 0.1) is 12.8 Å². The summed E-state index contributed by atoms with van der Waals surface area (Å²) < 4.78 is 0. The van der Waals surface area contributed by atoms with Crippen LogP contribution in [-0.4, -0.2) is 23.4 Å². The standard InChI is InChI=1S/C15H23N3OS/c1-10-12(8-14(20-10)15(19)17-16)9-18-7-6-11-4-2-3-5-13(11)18/h8,11,13H,2-7,9,16H2,1H3,(H,17,19). The lowest BCUT2D eigenvalue weighted by Crippen LogP contribution is -2.34. The van der Waals surface area contributed by atoms with Crippen LogP contribution in [0.4, 0.5) is 0 Å². The van der Waals surface area contributed by atoms with Gasteiger partial charge in [-0.1, -0.05) is 12.8 Å². The molecule has 0 spiro atoms. The van der Waals surface area contributed by atoms with E-state index in [1.165, 1.54) is 49.1 Å². The van der Waals surface area contributed by atoms with Gasteiger partial charge in [0.05, 0.1) is 4.88 Å². The molecule has 1 aromatic rings. The van der Waals surface area contributed by atoms with Gasteiger partial charge in [0.1, 0.15) is 0 Å². The summed E-state index contributed by atoms with van der Waals surface area (Å²) >= 11 is 1.54. The smallest absolute Gasteiger partial charge is 0.275 e. The minimum Gasteiger partial charge on any atom is -0.296 e. The molecule has 5 heteroatoms. The fourth-order valence-corrected chi connectivity index (χ4v) is 4.72. The third-order valence-electron chi connectivity index (χ3n) is 4.87. The lowest BCUT2D eigenvalue weighted by Gasteiger charge is -2.31. The van der Waals surface area contributed by atoms with Gasteiger partial charge in [-0.2, -0.15) is 0 Å². The van der Waals surface area contributed by atoms with Gasteiger partial charge < -0.3 is 0 Å². The van der Waals surface area contributed by atoms with Crippen molar-refractivity contribution < 1.29 is 4.79 Å². The van der Waals surface area contributed by atoms with Crippen molar-refractivity contribution in [2.75, 3.05) is 6.54 Å². The molecule has 1 aromatic heterocycles. The van der Waals surface area contributed by atoms with Crippen LogP contribution in [0.15, 0.2) is 6.07 Å². The highest BCUT2D eigenvalue weighted by Crippen LogP contribution is 2.37. The van der Waals surface area contributed by atoms with E-state index in [9.17, 15) is 4.79 Å². The molecule has 2 heterocycles. The van der Waals surface area contributed by atoms with E-state index < -0.39 is 0 Å². The number of nitrogen functional groups attached to an aromatic ring is 1. The number of aryl methyl sites for hydroxylation is 1. The minimum atomic E-state index is -0.179. The molecule has 1 saturated carbocycles. The molecule has 20 heavy (non-hydrogen) atoms. The molecule has 2 unspecified atom stereocenters. The highest BCUT2D eigenvalue weighted by molar-refractivity contribution is 7.14. The fourth-order valence-electron chi connectivity index (χ4n) is 3.78. The summed E-state index contributed by atoms with van der Waals surface area (Å²) in [4.78, 5) is 16.2. The predicted molar refractivity (Wildman–Crippen MR) is 81.5 cm³/mol. The maximum Gasteiger partial charge on any atom is 0.275 e. The molecule has 1 aliphatic carbocycles. The number of nitrogens with one attached hydrogen (secondary N) is 1. The van der Waals surface area contributed by atoms with E-state index in [1.54, 1.807) is 11.3 Å². The first-order chi connectivity index (χ1) is 9.69. The van der Waals surface area contributed by atoms with E-state index in [1.807, 2.05) is 6.07 Å². The second-order valence-corrected chi connectivity index (χ2v) is 7.29. The lowest BCUT2D eigenvalue weighted by atomic mass is 9.85. The Hall–Kier alpha value is -0.910. The van der Waals surface area contributed by atoms with Gasteiger partial charge in [0.15, 0.2) is 0 Å². The molecule has 3 N–H and O–H groups in total. The van der Waals surface area contributed by atoms with Crippen molar-refractivity contribution in [1.82, 2.24) is 10.3 Å². The van der Waals surface area contributed by atoms with E-state index in [0.29, 0.717) is 0 Å². The van der Waals surface area contributed by atoms with Gasteiger partial charge in [-0.25, -0.2) is 5.84 Å². The number of rotatable bonds is 3. The minimum absolute atomic E-state index is 0.179. The summed E-state index contributed by atoms with van der Waals surface area (Å²) in [7, 11) is 0. The first kappa shape index (κ1) is 14.0. The zero-order valence-corrected chi connectivity index (χ0v) is 12.8. The van der Waals surface area contributed by atoms with Crippen LogP contribution >= 0.6 is 11.3 Å². The van der Waals surface area contributed by atoms with Crippen molar-refractivity contribution in [1.29, 1.82) is 0 Å². The topological polar surface area (TPSA) is 58.4 Å². The van der Waals surface area contributed by atoms with Crippen LogP contribution < -0.4 is 11.3 Å². The summed E-state index contributed by atoms with van der Waals surface area (Å²) in [6.45, 7) is 4.30. The van der Waals surface area contributed by atoms with Gasteiger partial charge in [-0.05, 0) is 50.3 Å².